The Kier molecular flexibility index (Phi) is 4.98. The molecule has 0 aliphatic rings. The zero-order valence-electron chi connectivity index (χ0n) is 12.9. The Morgan fingerprint density at radius 3 is 2.31 bits per heavy atom. The van der Waals surface area contributed by atoms with E-state index < -0.39 is 26.6 Å². The maximum absolute atomic E-state index is 14.5. The van der Waals surface area contributed by atoms with Crippen molar-refractivity contribution >= 4 is 33.2 Å². The van der Waals surface area contributed by atoms with Crippen LogP contribution in [0.4, 0.5) is 8.78 Å². The van der Waals surface area contributed by atoms with Gasteiger partial charge in [0.2, 0.25) is 10.0 Å². The third-order valence-corrected chi connectivity index (χ3v) is 5.28. The summed E-state index contributed by atoms with van der Waals surface area (Å²) in [7, 11) is -4.39. The molecule has 0 atom stereocenters. The number of pyridine rings is 1. The zero-order valence-corrected chi connectivity index (χ0v) is 15.2. The Labute approximate surface area is 158 Å². The number of primary sulfonamides is 1. The lowest BCUT2D eigenvalue weighted by Crippen LogP contribution is -2.14. The van der Waals surface area contributed by atoms with Crippen molar-refractivity contribution in [3.63, 3.8) is 0 Å². The van der Waals surface area contributed by atoms with E-state index in [0.717, 1.165) is 6.07 Å². The minimum atomic E-state index is -4.39. The zero-order chi connectivity index (χ0) is 19.1. The highest BCUT2D eigenvalue weighted by Gasteiger charge is 2.21. The average molecular weight is 415 g/mol. The highest BCUT2D eigenvalue weighted by Crippen LogP contribution is 2.35. The van der Waals surface area contributed by atoms with Crippen molar-refractivity contribution in [2.24, 2.45) is 5.14 Å². The van der Waals surface area contributed by atoms with Crippen LogP contribution in [0, 0.1) is 11.6 Å². The smallest absolute Gasteiger partial charge is 0.241 e. The monoisotopic (exact) mass is 414 g/mol. The van der Waals surface area contributed by atoms with Gasteiger partial charge in [0.25, 0.3) is 0 Å². The Balaban J connectivity index is 2.23. The fraction of sp³-hybridized carbons (Fsp3) is 0. The van der Waals surface area contributed by atoms with E-state index in [1.807, 2.05) is 0 Å². The van der Waals surface area contributed by atoms with Crippen LogP contribution in [0.1, 0.15) is 0 Å². The SMILES string of the molecule is NS(=O)(=O)c1cc(F)c(-c2cccnc2-c2ccc(Cl)c(Cl)c2)cc1F. The minimum absolute atomic E-state index is 0.163. The van der Waals surface area contributed by atoms with Gasteiger partial charge in [-0.15, -0.1) is 0 Å². The number of hydrogen-bond donors (Lipinski definition) is 1. The number of rotatable bonds is 3. The molecule has 0 unspecified atom stereocenters. The number of sulfonamides is 1. The quantitative estimate of drug-likeness (QED) is 0.677. The van der Waals surface area contributed by atoms with Crippen LogP contribution in [0.25, 0.3) is 22.4 Å². The van der Waals surface area contributed by atoms with Crippen molar-refractivity contribution in [1.82, 2.24) is 4.98 Å². The van der Waals surface area contributed by atoms with Gasteiger partial charge < -0.3 is 0 Å². The fourth-order valence-electron chi connectivity index (χ4n) is 2.45. The summed E-state index contributed by atoms with van der Waals surface area (Å²) in [6, 6.07) is 9.12. The lowest BCUT2D eigenvalue weighted by Gasteiger charge is -2.12. The molecule has 0 saturated carbocycles. The molecule has 0 aliphatic heterocycles. The summed E-state index contributed by atoms with van der Waals surface area (Å²) in [5.74, 6) is -2.11. The van der Waals surface area contributed by atoms with E-state index in [-0.39, 0.29) is 16.1 Å². The first-order chi connectivity index (χ1) is 12.2. The lowest BCUT2D eigenvalue weighted by molar-refractivity contribution is 0.555. The molecule has 1 heterocycles. The third kappa shape index (κ3) is 3.57. The van der Waals surface area contributed by atoms with Crippen LogP contribution in [0.2, 0.25) is 10.0 Å². The second kappa shape index (κ2) is 6.92. The molecule has 3 rings (SSSR count). The van der Waals surface area contributed by atoms with Gasteiger partial charge in [0, 0.05) is 22.9 Å². The van der Waals surface area contributed by atoms with Gasteiger partial charge in [0.15, 0.2) is 0 Å². The second-order valence-electron chi connectivity index (χ2n) is 5.34. The number of aromatic nitrogens is 1. The molecule has 0 amide bonds. The summed E-state index contributed by atoms with van der Waals surface area (Å²) in [4.78, 5) is 3.29. The lowest BCUT2D eigenvalue weighted by atomic mass is 9.99. The van der Waals surface area contributed by atoms with Gasteiger partial charge in [-0.2, -0.15) is 0 Å². The Bertz CT molecular complexity index is 1120. The van der Waals surface area contributed by atoms with Gasteiger partial charge in [-0.05, 0) is 30.3 Å². The number of nitrogens with zero attached hydrogens (tertiary/aromatic N) is 1. The molecule has 0 aliphatic carbocycles. The van der Waals surface area contributed by atoms with Crippen LogP contribution in [-0.2, 0) is 10.0 Å². The van der Waals surface area contributed by atoms with Gasteiger partial charge in [0.05, 0.1) is 15.7 Å². The van der Waals surface area contributed by atoms with Crippen molar-refractivity contribution in [1.29, 1.82) is 0 Å². The number of hydrogen-bond acceptors (Lipinski definition) is 3. The van der Waals surface area contributed by atoms with Crippen molar-refractivity contribution in [2.75, 3.05) is 0 Å². The summed E-state index contributed by atoms with van der Waals surface area (Å²) in [5, 5.41) is 5.50. The van der Waals surface area contributed by atoms with E-state index >= 15 is 0 Å². The highest BCUT2D eigenvalue weighted by molar-refractivity contribution is 7.89. The third-order valence-electron chi connectivity index (χ3n) is 3.62. The van der Waals surface area contributed by atoms with E-state index in [1.165, 1.54) is 12.3 Å². The van der Waals surface area contributed by atoms with Gasteiger partial charge in [0.1, 0.15) is 16.5 Å². The van der Waals surface area contributed by atoms with Crippen LogP contribution < -0.4 is 5.14 Å². The van der Waals surface area contributed by atoms with Crippen LogP contribution in [0.15, 0.2) is 53.6 Å². The molecule has 0 fully saturated rings. The van der Waals surface area contributed by atoms with Crippen LogP contribution in [-0.4, -0.2) is 13.4 Å². The molecule has 4 nitrogen and oxygen atoms in total. The van der Waals surface area contributed by atoms with Crippen molar-refractivity contribution in [2.45, 2.75) is 4.90 Å². The molecule has 0 bridgehead atoms. The summed E-state index contributed by atoms with van der Waals surface area (Å²) in [6.45, 7) is 0. The summed E-state index contributed by atoms with van der Waals surface area (Å²) in [5.41, 5.74) is 0.949. The van der Waals surface area contributed by atoms with E-state index in [2.05, 4.69) is 4.98 Å². The fourth-order valence-corrected chi connectivity index (χ4v) is 3.35. The molecular weight excluding hydrogens is 405 g/mol. The van der Waals surface area contributed by atoms with Crippen LogP contribution in [0.3, 0.4) is 0 Å². The summed E-state index contributed by atoms with van der Waals surface area (Å²) < 4.78 is 51.4. The normalized spacial score (nSPS) is 11.6. The molecule has 134 valence electrons. The average Bonchev–Trinajstić information content (AvgIpc) is 2.58. The summed E-state index contributed by atoms with van der Waals surface area (Å²) in [6.07, 6.45) is 1.48. The van der Waals surface area contributed by atoms with E-state index in [0.29, 0.717) is 22.3 Å². The predicted octanol–water partition coefficient (Wildman–Crippen LogP) is 4.65. The maximum atomic E-state index is 14.5. The molecular formula is C17H10Cl2F2N2O2S. The molecule has 0 radical (unpaired) electrons. The van der Waals surface area contributed by atoms with Crippen molar-refractivity contribution < 1.29 is 17.2 Å². The largest absolute Gasteiger partial charge is 0.256 e. The van der Waals surface area contributed by atoms with Gasteiger partial charge in [-0.1, -0.05) is 35.3 Å². The first-order valence-corrected chi connectivity index (χ1v) is 9.41. The second-order valence-corrected chi connectivity index (χ2v) is 7.68. The van der Waals surface area contributed by atoms with Crippen LogP contribution >= 0.6 is 23.2 Å². The molecule has 0 spiro atoms. The number of benzene rings is 2. The van der Waals surface area contributed by atoms with E-state index in [9.17, 15) is 17.2 Å². The first-order valence-electron chi connectivity index (χ1n) is 7.11. The highest BCUT2D eigenvalue weighted by atomic mass is 35.5. The summed E-state index contributed by atoms with van der Waals surface area (Å²) >= 11 is 11.9. The standard InChI is InChI=1S/C17H10Cl2F2N2O2S/c18-12-4-3-9(6-13(12)19)17-10(2-1-5-23-17)11-7-15(21)16(8-14(11)20)26(22,24)25/h1-8H,(H2,22,24,25). The van der Waals surface area contributed by atoms with E-state index in [1.54, 1.807) is 24.3 Å². The van der Waals surface area contributed by atoms with Crippen molar-refractivity contribution in [3.05, 3.63) is 70.3 Å². The number of halogens is 4. The van der Waals surface area contributed by atoms with Gasteiger partial charge in [-0.3, -0.25) is 4.98 Å². The molecule has 0 saturated heterocycles. The Morgan fingerprint density at radius 2 is 1.65 bits per heavy atom. The number of nitrogens with two attached hydrogens (primary N) is 1. The maximum Gasteiger partial charge on any atom is 0.241 e. The van der Waals surface area contributed by atoms with Gasteiger partial charge in [-0.25, -0.2) is 22.3 Å². The minimum Gasteiger partial charge on any atom is -0.256 e. The molecule has 3 aromatic rings. The molecule has 2 N–H and O–H groups in total. The molecule has 2 aromatic carbocycles. The first kappa shape index (κ1) is 18.7. The molecule has 9 heteroatoms. The molecule has 26 heavy (non-hydrogen) atoms. The van der Waals surface area contributed by atoms with E-state index in [4.69, 9.17) is 28.3 Å². The van der Waals surface area contributed by atoms with Crippen molar-refractivity contribution in [3.8, 4) is 22.4 Å². The Hall–Kier alpha value is -2.06. The topological polar surface area (TPSA) is 73.1 Å². The Morgan fingerprint density at radius 1 is 0.923 bits per heavy atom. The van der Waals surface area contributed by atoms with Gasteiger partial charge >= 0.3 is 0 Å². The molecule has 1 aromatic heterocycles. The van der Waals surface area contributed by atoms with Crippen LogP contribution in [0.5, 0.6) is 0 Å². The predicted molar refractivity (Wildman–Crippen MR) is 96.4 cm³/mol.